The quantitative estimate of drug-likeness (QED) is 0.111. The average Bonchev–Trinajstić information content (AvgIpc) is 2.83. The van der Waals surface area contributed by atoms with Gasteiger partial charge in [-0.25, -0.2) is 0 Å². The molecule has 190 valence electrons. The van der Waals surface area contributed by atoms with Gasteiger partial charge in [-0.05, 0) is 94.9 Å². The van der Waals surface area contributed by atoms with Gasteiger partial charge < -0.3 is 19.5 Å². The third kappa shape index (κ3) is 8.24. The number of hydrazone groups is 1. The fourth-order valence-corrected chi connectivity index (χ4v) is 4.20. The van der Waals surface area contributed by atoms with Gasteiger partial charge in [0, 0.05) is 5.69 Å². The van der Waals surface area contributed by atoms with Gasteiger partial charge in [0.05, 0.1) is 17.3 Å². The number of aryl methyl sites for hydroxylation is 1. The molecule has 0 spiro atoms. The summed E-state index contributed by atoms with van der Waals surface area (Å²) in [5, 5.41) is 7.71. The highest BCUT2D eigenvalue weighted by atomic mass is 79.9. The third-order valence-corrected chi connectivity index (χ3v) is 5.90. The summed E-state index contributed by atoms with van der Waals surface area (Å²) in [5.41, 5.74) is 6.89. The Morgan fingerprint density at radius 2 is 1.75 bits per heavy atom. The van der Waals surface area contributed by atoms with Gasteiger partial charge in [0.1, 0.15) is 19.0 Å². The van der Waals surface area contributed by atoms with E-state index >= 15 is 0 Å². The van der Waals surface area contributed by atoms with Gasteiger partial charge in [0.2, 0.25) is 0 Å². The van der Waals surface area contributed by atoms with Crippen LogP contribution in [-0.2, 0) is 0 Å². The van der Waals surface area contributed by atoms with Gasteiger partial charge in [0.25, 0.3) is 0 Å². The van der Waals surface area contributed by atoms with Crippen LogP contribution in [0.2, 0.25) is 0 Å². The molecule has 0 aromatic heterocycles. The molecule has 0 atom stereocenters. The van der Waals surface area contributed by atoms with Crippen LogP contribution in [0.5, 0.6) is 17.2 Å². The molecule has 0 amide bonds. The predicted molar refractivity (Wildman–Crippen MR) is 155 cm³/mol. The van der Waals surface area contributed by atoms with E-state index < -0.39 is 0 Å². The first-order valence-corrected chi connectivity index (χ1v) is 13.0. The molecule has 0 fully saturated rings. The molecule has 2 N–H and O–H groups in total. The molecule has 0 aliphatic carbocycles. The number of halogens is 1. The lowest BCUT2D eigenvalue weighted by Crippen LogP contribution is -2.23. The molecular weight excluding hydrogens is 538 g/mol. The Bertz CT molecular complexity index is 1190. The first-order valence-electron chi connectivity index (χ1n) is 11.8. The van der Waals surface area contributed by atoms with Crippen LogP contribution >= 0.6 is 28.1 Å². The van der Waals surface area contributed by atoms with Gasteiger partial charge in [0.15, 0.2) is 16.6 Å². The van der Waals surface area contributed by atoms with Crippen molar-refractivity contribution in [3.63, 3.8) is 0 Å². The van der Waals surface area contributed by atoms with Crippen molar-refractivity contribution in [1.82, 2.24) is 5.43 Å². The number of benzene rings is 3. The van der Waals surface area contributed by atoms with Crippen LogP contribution in [0.4, 0.5) is 5.69 Å². The molecule has 0 aliphatic heterocycles. The minimum absolute atomic E-state index is 0.374. The molecule has 3 aromatic rings. The van der Waals surface area contributed by atoms with Gasteiger partial charge in [-0.2, -0.15) is 5.10 Å². The van der Waals surface area contributed by atoms with E-state index in [9.17, 15) is 0 Å². The second-order valence-electron chi connectivity index (χ2n) is 8.35. The number of nitrogens with zero attached hydrogens (tertiary/aromatic N) is 1. The minimum atomic E-state index is 0.374. The SMILES string of the molecule is CCOc1cc(/C=N\NC(=S)Nc2ccccc2)cc(Br)c1OCCOc1cc(C)ccc1C(C)C. The smallest absolute Gasteiger partial charge is 0.191 e. The Morgan fingerprint density at radius 1 is 1.00 bits per heavy atom. The first-order chi connectivity index (χ1) is 17.4. The Morgan fingerprint density at radius 3 is 2.47 bits per heavy atom. The van der Waals surface area contributed by atoms with Crippen molar-refractivity contribution in [2.45, 2.75) is 33.6 Å². The molecule has 0 aliphatic rings. The highest BCUT2D eigenvalue weighted by molar-refractivity contribution is 9.10. The zero-order valence-electron chi connectivity index (χ0n) is 21.0. The van der Waals surface area contributed by atoms with E-state index in [-0.39, 0.29) is 0 Å². The topological polar surface area (TPSA) is 64.1 Å². The summed E-state index contributed by atoms with van der Waals surface area (Å²) in [6, 6.07) is 19.8. The Balaban J connectivity index is 1.60. The number of para-hydroxylation sites is 1. The molecule has 0 heterocycles. The number of rotatable bonds is 11. The Hall–Kier alpha value is -3.10. The zero-order chi connectivity index (χ0) is 25.9. The van der Waals surface area contributed by atoms with Gasteiger partial charge in [-0.1, -0.05) is 44.2 Å². The highest BCUT2D eigenvalue weighted by Crippen LogP contribution is 2.36. The fourth-order valence-electron chi connectivity index (χ4n) is 3.45. The van der Waals surface area contributed by atoms with E-state index in [0.717, 1.165) is 21.5 Å². The van der Waals surface area contributed by atoms with Gasteiger partial charge in [-0.3, -0.25) is 5.43 Å². The number of nitrogens with one attached hydrogen (secondary N) is 2. The van der Waals surface area contributed by atoms with Gasteiger partial charge in [-0.15, -0.1) is 0 Å². The maximum absolute atomic E-state index is 6.05. The molecule has 0 bridgehead atoms. The number of anilines is 1. The average molecular weight is 571 g/mol. The van der Waals surface area contributed by atoms with Crippen molar-refractivity contribution in [2.24, 2.45) is 5.10 Å². The second kappa shape index (κ2) is 13.8. The molecule has 0 saturated heterocycles. The highest BCUT2D eigenvalue weighted by Gasteiger charge is 2.13. The maximum atomic E-state index is 6.05. The molecule has 3 aromatic carbocycles. The molecule has 0 radical (unpaired) electrons. The normalized spacial score (nSPS) is 10.9. The van der Waals surface area contributed by atoms with Crippen molar-refractivity contribution in [3.05, 3.63) is 81.8 Å². The number of thiocarbonyl (C=S) groups is 1. The van der Waals surface area contributed by atoms with E-state index in [4.69, 9.17) is 26.4 Å². The summed E-state index contributed by atoms with van der Waals surface area (Å²) in [7, 11) is 0. The summed E-state index contributed by atoms with van der Waals surface area (Å²) in [6.07, 6.45) is 1.67. The minimum Gasteiger partial charge on any atom is -0.490 e. The monoisotopic (exact) mass is 569 g/mol. The third-order valence-electron chi connectivity index (χ3n) is 5.12. The summed E-state index contributed by atoms with van der Waals surface area (Å²) in [5.74, 6) is 2.53. The summed E-state index contributed by atoms with van der Waals surface area (Å²) in [4.78, 5) is 0. The van der Waals surface area contributed by atoms with Gasteiger partial charge >= 0.3 is 0 Å². The second-order valence-corrected chi connectivity index (χ2v) is 9.61. The van der Waals surface area contributed by atoms with E-state index in [0.29, 0.717) is 42.4 Å². The standard InChI is InChI=1S/C28H32BrN3O3S/c1-5-33-26-17-21(18-30-32-28(36)31-22-9-7-6-8-10-22)16-24(29)27(26)35-14-13-34-25-15-20(4)11-12-23(25)19(2)3/h6-12,15-19H,5,13-14H2,1-4H3,(H2,31,32,36)/b30-18-. The molecule has 6 nitrogen and oxygen atoms in total. The Kier molecular flexibility index (Phi) is 10.6. The lowest BCUT2D eigenvalue weighted by molar-refractivity contribution is 0.206. The molecule has 3 rings (SSSR count). The predicted octanol–water partition coefficient (Wildman–Crippen LogP) is 7.06. The Labute approximate surface area is 227 Å². The van der Waals surface area contributed by atoms with Crippen LogP contribution < -0.4 is 25.0 Å². The van der Waals surface area contributed by atoms with E-state index in [1.807, 2.05) is 49.4 Å². The lowest BCUT2D eigenvalue weighted by Gasteiger charge is -2.17. The number of hydrogen-bond donors (Lipinski definition) is 2. The molecule has 0 unspecified atom stereocenters. The van der Waals surface area contributed by atoms with Crippen LogP contribution in [0.15, 0.2) is 70.2 Å². The summed E-state index contributed by atoms with van der Waals surface area (Å²) >= 11 is 8.89. The lowest BCUT2D eigenvalue weighted by atomic mass is 10.0. The van der Waals surface area contributed by atoms with Crippen LogP contribution in [0, 0.1) is 6.92 Å². The summed E-state index contributed by atoms with van der Waals surface area (Å²) < 4.78 is 18.7. The molecule has 8 heteroatoms. The van der Waals surface area contributed by atoms with Crippen molar-refractivity contribution in [1.29, 1.82) is 0 Å². The zero-order valence-corrected chi connectivity index (χ0v) is 23.4. The van der Waals surface area contributed by atoms with E-state index in [2.05, 4.69) is 70.7 Å². The van der Waals surface area contributed by atoms with Crippen molar-refractivity contribution < 1.29 is 14.2 Å². The van der Waals surface area contributed by atoms with Crippen LogP contribution in [0.25, 0.3) is 0 Å². The largest absolute Gasteiger partial charge is 0.490 e. The van der Waals surface area contributed by atoms with E-state index in [1.165, 1.54) is 11.1 Å². The number of ether oxygens (including phenoxy) is 3. The van der Waals surface area contributed by atoms with Crippen molar-refractivity contribution in [3.8, 4) is 17.2 Å². The molecular formula is C28H32BrN3O3S. The van der Waals surface area contributed by atoms with Crippen LogP contribution in [-0.4, -0.2) is 31.1 Å². The summed E-state index contributed by atoms with van der Waals surface area (Å²) in [6.45, 7) is 9.61. The molecule has 0 saturated carbocycles. The van der Waals surface area contributed by atoms with Crippen LogP contribution in [0.3, 0.4) is 0 Å². The number of hydrogen-bond acceptors (Lipinski definition) is 5. The fraction of sp³-hybridized carbons (Fsp3) is 0.286. The van der Waals surface area contributed by atoms with E-state index in [1.54, 1.807) is 6.21 Å². The van der Waals surface area contributed by atoms with Crippen LogP contribution in [0.1, 0.15) is 43.4 Å². The molecule has 36 heavy (non-hydrogen) atoms. The van der Waals surface area contributed by atoms with Crippen molar-refractivity contribution >= 4 is 45.2 Å². The maximum Gasteiger partial charge on any atom is 0.191 e. The van der Waals surface area contributed by atoms with Crippen molar-refractivity contribution in [2.75, 3.05) is 25.1 Å². The first kappa shape index (κ1) is 27.5.